The van der Waals surface area contributed by atoms with Crippen molar-refractivity contribution in [2.75, 3.05) is 13.2 Å². The Morgan fingerprint density at radius 1 is 0.688 bits per heavy atom. The Morgan fingerprint density at radius 2 is 1.12 bits per heavy atom. The van der Waals surface area contributed by atoms with Gasteiger partial charge in [0.2, 0.25) is 0 Å². The zero-order chi connectivity index (χ0) is 22.8. The summed E-state index contributed by atoms with van der Waals surface area (Å²) in [6.07, 6.45) is 14.8. The van der Waals surface area contributed by atoms with E-state index in [9.17, 15) is 0 Å². The van der Waals surface area contributed by atoms with Crippen molar-refractivity contribution in [1.29, 1.82) is 0 Å². The Bertz CT molecular complexity index is 757. The van der Waals surface area contributed by atoms with Gasteiger partial charge in [0.05, 0.1) is 13.2 Å². The molecule has 2 heteroatoms. The van der Waals surface area contributed by atoms with E-state index in [4.69, 9.17) is 9.47 Å². The molecule has 0 N–H and O–H groups in total. The molecule has 3 rings (SSSR count). The summed E-state index contributed by atoms with van der Waals surface area (Å²) in [5.74, 6) is 3.59. The van der Waals surface area contributed by atoms with Gasteiger partial charge in [-0.05, 0) is 50.4 Å². The van der Waals surface area contributed by atoms with Crippen LogP contribution in [0.25, 0.3) is 10.8 Å². The molecule has 32 heavy (non-hydrogen) atoms. The molecule has 0 radical (unpaired) electrons. The van der Waals surface area contributed by atoms with E-state index >= 15 is 0 Å². The Hall–Kier alpha value is -1.70. The minimum Gasteiger partial charge on any atom is -0.492 e. The van der Waals surface area contributed by atoms with Crippen molar-refractivity contribution in [3.63, 3.8) is 0 Å². The van der Waals surface area contributed by atoms with Gasteiger partial charge in [0.25, 0.3) is 0 Å². The number of rotatable bonds is 14. The van der Waals surface area contributed by atoms with Crippen molar-refractivity contribution >= 4 is 10.8 Å². The summed E-state index contributed by atoms with van der Waals surface area (Å²) in [4.78, 5) is 0. The first-order valence-electron chi connectivity index (χ1n) is 13.5. The lowest BCUT2D eigenvalue weighted by atomic mass is 9.87. The Morgan fingerprint density at radius 3 is 1.50 bits per heavy atom. The Balaban J connectivity index is 1.92. The van der Waals surface area contributed by atoms with Crippen molar-refractivity contribution < 1.29 is 9.47 Å². The van der Waals surface area contributed by atoms with Crippen LogP contribution in [0, 0.1) is 11.8 Å². The normalized spacial score (nSPS) is 15.4. The summed E-state index contributed by atoms with van der Waals surface area (Å²) < 4.78 is 13.3. The van der Waals surface area contributed by atoms with E-state index in [-0.39, 0.29) is 0 Å². The van der Waals surface area contributed by atoms with Gasteiger partial charge in [0, 0.05) is 21.9 Å². The number of fused-ring (bicyclic) bond motifs is 2. The number of hydrogen-bond donors (Lipinski definition) is 0. The average molecular weight is 439 g/mol. The van der Waals surface area contributed by atoms with Gasteiger partial charge in [-0.15, -0.1) is 0 Å². The third kappa shape index (κ3) is 6.21. The highest BCUT2D eigenvalue weighted by molar-refractivity contribution is 5.96. The number of ether oxygens (including phenoxy) is 2. The molecule has 0 heterocycles. The molecule has 2 aromatic rings. The van der Waals surface area contributed by atoms with Crippen molar-refractivity contribution in [2.45, 2.75) is 105 Å². The standard InChI is InChI=1S/C30H46O2/c1-5-9-15-23(7-3)21-31-29-25-17-11-13-19-27(25)30(28-20-14-12-18-26(28)29)32-22-24(8-4)16-10-6-2/h11,13,17,19,23-24H,5-10,12,14-16,18,20-22H2,1-4H3. The summed E-state index contributed by atoms with van der Waals surface area (Å²) >= 11 is 0. The minimum atomic E-state index is 0.646. The van der Waals surface area contributed by atoms with Crippen molar-refractivity contribution in [1.82, 2.24) is 0 Å². The molecule has 0 aromatic heterocycles. The molecule has 0 fully saturated rings. The summed E-state index contributed by atoms with van der Waals surface area (Å²) in [6.45, 7) is 10.8. The Labute approximate surface area is 197 Å². The lowest BCUT2D eigenvalue weighted by molar-refractivity contribution is 0.227. The zero-order valence-corrected chi connectivity index (χ0v) is 21.2. The largest absolute Gasteiger partial charge is 0.492 e. The average Bonchev–Trinajstić information content (AvgIpc) is 2.84. The third-order valence-electron chi connectivity index (χ3n) is 7.45. The number of hydrogen-bond acceptors (Lipinski definition) is 2. The third-order valence-corrected chi connectivity index (χ3v) is 7.45. The predicted molar refractivity (Wildman–Crippen MR) is 138 cm³/mol. The summed E-state index contributed by atoms with van der Waals surface area (Å²) in [6, 6.07) is 8.79. The van der Waals surface area contributed by atoms with Gasteiger partial charge in [-0.1, -0.05) is 90.5 Å². The van der Waals surface area contributed by atoms with Crippen LogP contribution in [0.2, 0.25) is 0 Å². The molecule has 0 saturated heterocycles. The van der Waals surface area contributed by atoms with E-state index in [0.717, 1.165) is 37.6 Å². The van der Waals surface area contributed by atoms with Crippen LogP contribution in [0.15, 0.2) is 24.3 Å². The fourth-order valence-corrected chi connectivity index (χ4v) is 5.14. The van der Waals surface area contributed by atoms with Crippen LogP contribution in [0.5, 0.6) is 11.5 Å². The fourth-order valence-electron chi connectivity index (χ4n) is 5.14. The van der Waals surface area contributed by atoms with E-state index in [0.29, 0.717) is 11.8 Å². The van der Waals surface area contributed by atoms with E-state index < -0.39 is 0 Å². The molecule has 178 valence electrons. The molecular formula is C30H46O2. The molecule has 0 amide bonds. The molecule has 1 aliphatic rings. The van der Waals surface area contributed by atoms with E-state index in [1.54, 1.807) is 0 Å². The van der Waals surface area contributed by atoms with Crippen molar-refractivity contribution in [3.05, 3.63) is 35.4 Å². The summed E-state index contributed by atoms with van der Waals surface area (Å²) in [5, 5.41) is 2.49. The molecule has 2 aromatic carbocycles. The number of unbranched alkanes of at least 4 members (excludes halogenated alkanes) is 2. The maximum Gasteiger partial charge on any atom is 0.130 e. The van der Waals surface area contributed by atoms with Gasteiger partial charge in [0.15, 0.2) is 0 Å². The van der Waals surface area contributed by atoms with Gasteiger partial charge in [-0.2, -0.15) is 0 Å². The maximum absolute atomic E-state index is 6.67. The molecule has 2 unspecified atom stereocenters. The van der Waals surface area contributed by atoms with Crippen LogP contribution in [-0.4, -0.2) is 13.2 Å². The molecule has 1 aliphatic carbocycles. The number of benzene rings is 2. The highest BCUT2D eigenvalue weighted by Crippen LogP contribution is 2.44. The van der Waals surface area contributed by atoms with E-state index in [1.807, 2.05) is 0 Å². The molecule has 0 bridgehead atoms. The first-order valence-corrected chi connectivity index (χ1v) is 13.5. The first-order chi connectivity index (χ1) is 15.7. The van der Waals surface area contributed by atoms with Crippen LogP contribution in [0.1, 0.15) is 103 Å². The minimum absolute atomic E-state index is 0.646. The second-order valence-electron chi connectivity index (χ2n) is 9.82. The van der Waals surface area contributed by atoms with Gasteiger partial charge in [0.1, 0.15) is 11.5 Å². The van der Waals surface area contributed by atoms with Gasteiger partial charge < -0.3 is 9.47 Å². The molecular weight excluding hydrogens is 392 g/mol. The van der Waals surface area contributed by atoms with Crippen molar-refractivity contribution in [3.8, 4) is 11.5 Å². The van der Waals surface area contributed by atoms with Crippen LogP contribution < -0.4 is 9.47 Å². The molecule has 0 spiro atoms. The smallest absolute Gasteiger partial charge is 0.130 e. The van der Waals surface area contributed by atoms with Crippen LogP contribution in [0.3, 0.4) is 0 Å². The molecule has 2 nitrogen and oxygen atoms in total. The van der Waals surface area contributed by atoms with Gasteiger partial charge in [-0.3, -0.25) is 0 Å². The quantitative estimate of drug-likeness (QED) is 0.293. The zero-order valence-electron chi connectivity index (χ0n) is 21.2. The fraction of sp³-hybridized carbons (Fsp3) is 0.667. The summed E-state index contributed by atoms with van der Waals surface area (Å²) in [7, 11) is 0. The molecule has 2 atom stereocenters. The summed E-state index contributed by atoms with van der Waals surface area (Å²) in [5.41, 5.74) is 2.86. The highest BCUT2D eigenvalue weighted by atomic mass is 16.5. The second kappa shape index (κ2) is 13.1. The predicted octanol–water partition coefficient (Wildman–Crippen LogP) is 8.91. The molecule has 0 saturated carbocycles. The van der Waals surface area contributed by atoms with Gasteiger partial charge >= 0.3 is 0 Å². The maximum atomic E-state index is 6.67. The highest BCUT2D eigenvalue weighted by Gasteiger charge is 2.24. The SMILES string of the molecule is CCCCC(CC)COc1c2c(c(OCC(CC)CCCC)c3ccccc13)CCCC2. The van der Waals surface area contributed by atoms with Crippen LogP contribution in [0.4, 0.5) is 0 Å². The first kappa shape index (κ1) is 24.9. The lowest BCUT2D eigenvalue weighted by Crippen LogP contribution is -2.17. The van der Waals surface area contributed by atoms with Crippen LogP contribution in [-0.2, 0) is 12.8 Å². The topological polar surface area (TPSA) is 18.5 Å². The van der Waals surface area contributed by atoms with E-state index in [2.05, 4.69) is 52.0 Å². The van der Waals surface area contributed by atoms with Crippen LogP contribution >= 0.6 is 0 Å². The van der Waals surface area contributed by atoms with Gasteiger partial charge in [-0.25, -0.2) is 0 Å². The van der Waals surface area contributed by atoms with Crippen molar-refractivity contribution in [2.24, 2.45) is 11.8 Å². The van der Waals surface area contributed by atoms with E-state index in [1.165, 1.54) is 86.1 Å². The lowest BCUT2D eigenvalue weighted by Gasteiger charge is -2.27. The second-order valence-corrected chi connectivity index (χ2v) is 9.82. The Kier molecular flexibility index (Phi) is 10.2. The molecule has 0 aliphatic heterocycles. The monoisotopic (exact) mass is 438 g/mol.